The van der Waals surface area contributed by atoms with Crippen LogP contribution in [0.3, 0.4) is 0 Å². The highest BCUT2D eigenvalue weighted by molar-refractivity contribution is 6.00. The lowest BCUT2D eigenvalue weighted by Crippen LogP contribution is -2.19. The Morgan fingerprint density at radius 1 is 0.926 bits per heavy atom. The molecule has 0 saturated carbocycles. The maximum absolute atomic E-state index is 12.0. The zero-order valence-electron chi connectivity index (χ0n) is 14.0. The molecule has 8 nitrogen and oxygen atoms in total. The van der Waals surface area contributed by atoms with E-state index in [-0.39, 0.29) is 11.4 Å². The summed E-state index contributed by atoms with van der Waals surface area (Å²) in [6.45, 7) is 0. The molecule has 2 amide bonds. The Kier molecular flexibility index (Phi) is 5.17. The number of anilines is 2. The van der Waals surface area contributed by atoms with Gasteiger partial charge in [0.1, 0.15) is 17.2 Å². The summed E-state index contributed by atoms with van der Waals surface area (Å²) in [7, 11) is 0. The van der Waals surface area contributed by atoms with Crippen LogP contribution in [0.5, 0.6) is 17.2 Å². The molecule has 8 heteroatoms. The van der Waals surface area contributed by atoms with Crippen LogP contribution in [0.1, 0.15) is 0 Å². The van der Waals surface area contributed by atoms with Crippen LogP contribution in [-0.2, 0) is 0 Å². The van der Waals surface area contributed by atoms with Crippen molar-refractivity contribution in [3.63, 3.8) is 0 Å². The van der Waals surface area contributed by atoms with Crippen LogP contribution in [0.2, 0.25) is 0 Å². The van der Waals surface area contributed by atoms with E-state index in [0.29, 0.717) is 17.2 Å². The number of urea groups is 1. The molecule has 0 aliphatic carbocycles. The molecule has 0 aliphatic rings. The fraction of sp³-hybridized carbons (Fsp3) is 0. The number of aromatic hydroxyl groups is 1. The third-order valence-electron chi connectivity index (χ3n) is 3.53. The monoisotopic (exact) mass is 365 g/mol. The predicted octanol–water partition coefficient (Wildman–Crippen LogP) is 4.74. The number of nitro groups is 1. The molecule has 3 aromatic carbocycles. The van der Waals surface area contributed by atoms with Crippen LogP contribution >= 0.6 is 0 Å². The SMILES string of the molecule is O=C(Nc1ccc(Oc2ccccc2)cc1)Nc1ccc([N+](=O)[O-])cc1O. The molecule has 0 fully saturated rings. The van der Waals surface area contributed by atoms with Gasteiger partial charge in [0, 0.05) is 11.8 Å². The number of nitrogens with one attached hydrogen (secondary N) is 2. The van der Waals surface area contributed by atoms with Crippen molar-refractivity contribution in [1.82, 2.24) is 0 Å². The molecule has 0 unspecified atom stereocenters. The molecule has 0 aliphatic heterocycles. The van der Waals surface area contributed by atoms with Gasteiger partial charge in [-0.2, -0.15) is 0 Å². The second kappa shape index (κ2) is 7.87. The Balaban J connectivity index is 1.60. The molecule has 3 rings (SSSR count). The summed E-state index contributed by atoms with van der Waals surface area (Å²) in [4.78, 5) is 22.0. The van der Waals surface area contributed by atoms with Crippen molar-refractivity contribution in [2.75, 3.05) is 10.6 Å². The first-order chi connectivity index (χ1) is 13.0. The minimum atomic E-state index is -0.636. The molecule has 3 aromatic rings. The number of ether oxygens (including phenoxy) is 1. The molecule has 0 aromatic heterocycles. The van der Waals surface area contributed by atoms with E-state index in [1.165, 1.54) is 12.1 Å². The number of non-ortho nitro benzene ring substituents is 1. The lowest BCUT2D eigenvalue weighted by atomic mass is 10.2. The summed E-state index contributed by atoms with van der Waals surface area (Å²) in [5, 5.41) is 25.4. The van der Waals surface area contributed by atoms with E-state index < -0.39 is 16.7 Å². The van der Waals surface area contributed by atoms with Crippen molar-refractivity contribution in [2.45, 2.75) is 0 Å². The van der Waals surface area contributed by atoms with Gasteiger partial charge in [-0.25, -0.2) is 4.79 Å². The quantitative estimate of drug-likeness (QED) is 0.343. The summed E-state index contributed by atoms with van der Waals surface area (Å²) in [6, 6.07) is 18.8. The van der Waals surface area contributed by atoms with Crippen LogP contribution in [0.15, 0.2) is 72.8 Å². The number of nitrogens with zero attached hydrogens (tertiary/aromatic N) is 1. The van der Waals surface area contributed by atoms with E-state index in [1.54, 1.807) is 24.3 Å². The van der Waals surface area contributed by atoms with Crippen LogP contribution in [-0.4, -0.2) is 16.1 Å². The number of hydrogen-bond acceptors (Lipinski definition) is 5. The van der Waals surface area contributed by atoms with Gasteiger partial charge in [-0.15, -0.1) is 0 Å². The summed E-state index contributed by atoms with van der Waals surface area (Å²) in [5.41, 5.74) is 0.295. The van der Waals surface area contributed by atoms with Gasteiger partial charge in [0.2, 0.25) is 0 Å². The van der Waals surface area contributed by atoms with E-state index in [0.717, 1.165) is 6.07 Å². The number of phenolic OH excluding ortho intramolecular Hbond substituents is 1. The molecule has 27 heavy (non-hydrogen) atoms. The lowest BCUT2D eigenvalue weighted by Gasteiger charge is -2.10. The van der Waals surface area contributed by atoms with E-state index >= 15 is 0 Å². The maximum Gasteiger partial charge on any atom is 0.323 e. The highest BCUT2D eigenvalue weighted by Gasteiger charge is 2.12. The van der Waals surface area contributed by atoms with Gasteiger partial charge in [0.25, 0.3) is 5.69 Å². The number of carbonyl (C=O) groups is 1. The Hall–Kier alpha value is -4.07. The van der Waals surface area contributed by atoms with Crippen molar-refractivity contribution >= 4 is 23.1 Å². The minimum absolute atomic E-state index is 0.0575. The van der Waals surface area contributed by atoms with Crippen molar-refractivity contribution in [2.24, 2.45) is 0 Å². The van der Waals surface area contributed by atoms with Gasteiger partial charge >= 0.3 is 6.03 Å². The van der Waals surface area contributed by atoms with Gasteiger partial charge in [0.05, 0.1) is 16.7 Å². The molecular formula is C19H15N3O5. The molecule has 3 N–H and O–H groups in total. The second-order valence-corrected chi connectivity index (χ2v) is 5.48. The molecule has 0 radical (unpaired) electrons. The van der Waals surface area contributed by atoms with Crippen molar-refractivity contribution in [3.05, 3.63) is 82.9 Å². The molecule has 0 heterocycles. The highest BCUT2D eigenvalue weighted by Crippen LogP contribution is 2.28. The van der Waals surface area contributed by atoms with Gasteiger partial charge < -0.3 is 20.5 Å². The average Bonchev–Trinajstić information content (AvgIpc) is 2.65. The van der Waals surface area contributed by atoms with Crippen molar-refractivity contribution in [3.8, 4) is 17.2 Å². The second-order valence-electron chi connectivity index (χ2n) is 5.48. The first-order valence-corrected chi connectivity index (χ1v) is 7.89. The predicted molar refractivity (Wildman–Crippen MR) is 100 cm³/mol. The fourth-order valence-corrected chi connectivity index (χ4v) is 2.25. The van der Waals surface area contributed by atoms with E-state index in [9.17, 15) is 20.0 Å². The minimum Gasteiger partial charge on any atom is -0.506 e. The van der Waals surface area contributed by atoms with Crippen LogP contribution < -0.4 is 15.4 Å². The number of hydrogen-bond donors (Lipinski definition) is 3. The van der Waals surface area contributed by atoms with Crippen molar-refractivity contribution < 1.29 is 19.6 Å². The lowest BCUT2D eigenvalue weighted by molar-refractivity contribution is -0.384. The standard InChI is InChI=1S/C19H15N3O5/c23-18-12-14(22(25)26)8-11-17(18)21-19(24)20-13-6-9-16(10-7-13)27-15-4-2-1-3-5-15/h1-12,23H,(H2,20,21,24). The zero-order valence-corrected chi connectivity index (χ0v) is 14.0. The number of carbonyl (C=O) groups excluding carboxylic acids is 1. The Labute approximate surface area is 154 Å². The van der Waals surface area contributed by atoms with Crippen LogP contribution in [0.4, 0.5) is 21.9 Å². The number of benzene rings is 3. The number of phenols is 1. The normalized spacial score (nSPS) is 10.1. The molecule has 0 spiro atoms. The highest BCUT2D eigenvalue weighted by atomic mass is 16.6. The number of rotatable bonds is 5. The van der Waals surface area contributed by atoms with E-state index in [2.05, 4.69) is 10.6 Å². The Morgan fingerprint density at radius 2 is 1.59 bits per heavy atom. The van der Waals surface area contributed by atoms with Crippen molar-refractivity contribution in [1.29, 1.82) is 0 Å². The zero-order chi connectivity index (χ0) is 19.2. The summed E-state index contributed by atoms with van der Waals surface area (Å²) >= 11 is 0. The van der Waals surface area contributed by atoms with Gasteiger partial charge in [0.15, 0.2) is 0 Å². The average molecular weight is 365 g/mol. The summed E-state index contributed by atoms with van der Waals surface area (Å²) < 4.78 is 5.66. The smallest absolute Gasteiger partial charge is 0.323 e. The van der Waals surface area contributed by atoms with Crippen LogP contribution in [0, 0.1) is 10.1 Å². The molecule has 0 saturated heterocycles. The number of nitro benzene ring substituents is 1. The summed E-state index contributed by atoms with van der Waals surface area (Å²) in [6.07, 6.45) is 0. The first kappa shape index (κ1) is 17.7. The number of amides is 2. The molecular weight excluding hydrogens is 350 g/mol. The topological polar surface area (TPSA) is 114 Å². The van der Waals surface area contributed by atoms with E-state index in [1.807, 2.05) is 30.3 Å². The van der Waals surface area contributed by atoms with Gasteiger partial charge in [-0.3, -0.25) is 10.1 Å². The third kappa shape index (κ3) is 4.73. The maximum atomic E-state index is 12.0. The summed E-state index contributed by atoms with van der Waals surface area (Å²) in [5.74, 6) is 0.913. The number of para-hydroxylation sites is 1. The largest absolute Gasteiger partial charge is 0.506 e. The van der Waals surface area contributed by atoms with Gasteiger partial charge in [-0.1, -0.05) is 18.2 Å². The third-order valence-corrected chi connectivity index (χ3v) is 3.53. The van der Waals surface area contributed by atoms with Crippen LogP contribution in [0.25, 0.3) is 0 Å². The molecule has 136 valence electrons. The fourth-order valence-electron chi connectivity index (χ4n) is 2.25. The van der Waals surface area contributed by atoms with E-state index in [4.69, 9.17) is 4.74 Å². The molecule has 0 bridgehead atoms. The Morgan fingerprint density at radius 3 is 2.22 bits per heavy atom. The first-order valence-electron chi connectivity index (χ1n) is 7.89. The van der Waals surface area contributed by atoms with Gasteiger partial charge in [-0.05, 0) is 42.5 Å². The Bertz CT molecular complexity index is 959. The molecule has 0 atom stereocenters.